The van der Waals surface area contributed by atoms with Crippen LogP contribution in [0.25, 0.3) is 0 Å². The van der Waals surface area contributed by atoms with E-state index in [1.54, 1.807) is 52.1 Å². The van der Waals surface area contributed by atoms with Crippen LogP contribution in [-0.2, 0) is 39.8 Å². The SMILES string of the molecule is COc1cc2cc(c1Cl)N(C)C(=O)C[C@H](OC(=O)[C@H](C)N(C)C(=O)CCCCCN)[C@]1(C)O[C@H]1[C@H](C)[C@@H]1C[C@@](O)(NC(=O)O1)[C@H](OC)/C=C/C=C(\C)C2. The van der Waals surface area contributed by atoms with Gasteiger partial charge in [0.25, 0.3) is 0 Å². The van der Waals surface area contributed by atoms with E-state index in [0.717, 1.165) is 24.0 Å². The molecule has 1 aromatic rings. The van der Waals surface area contributed by atoms with Crippen molar-refractivity contribution in [1.82, 2.24) is 10.2 Å². The normalized spacial score (nSPS) is 31.2. The quantitative estimate of drug-likeness (QED) is 0.178. The summed E-state index contributed by atoms with van der Waals surface area (Å²) in [6, 6.07) is 2.62. The van der Waals surface area contributed by atoms with E-state index in [-0.39, 0.29) is 30.2 Å². The average Bonchev–Trinajstić information content (AvgIpc) is 3.81. The number of carbonyl (C=O) groups excluding carboxylic acids is 4. The van der Waals surface area contributed by atoms with Crippen molar-refractivity contribution in [2.45, 2.75) is 114 Å². The van der Waals surface area contributed by atoms with E-state index >= 15 is 0 Å². The van der Waals surface area contributed by atoms with Gasteiger partial charge in [-0.2, -0.15) is 0 Å². The summed E-state index contributed by atoms with van der Waals surface area (Å²) in [4.78, 5) is 56.4. The van der Waals surface area contributed by atoms with E-state index in [4.69, 9.17) is 41.0 Å². The second-order valence-electron chi connectivity index (χ2n) is 14.5. The highest BCUT2D eigenvalue weighted by Crippen LogP contribution is 2.49. The highest BCUT2D eigenvalue weighted by Gasteiger charge is 2.64. The molecule has 3 amide bonds. The number of nitrogens with one attached hydrogen (secondary N) is 1. The van der Waals surface area contributed by atoms with Gasteiger partial charge in [0.05, 0.1) is 25.3 Å². The number of hydrogen-bond donors (Lipinski definition) is 3. The Kier molecular flexibility index (Phi) is 14.0. The molecule has 0 aliphatic carbocycles. The van der Waals surface area contributed by atoms with Crippen LogP contribution in [0, 0.1) is 5.92 Å². The van der Waals surface area contributed by atoms with Crippen molar-refractivity contribution in [2.75, 3.05) is 39.8 Å². The van der Waals surface area contributed by atoms with Gasteiger partial charge in [0.1, 0.15) is 40.7 Å². The van der Waals surface area contributed by atoms with Gasteiger partial charge in [0, 0.05) is 40.0 Å². The summed E-state index contributed by atoms with van der Waals surface area (Å²) in [6.45, 7) is 7.55. The van der Waals surface area contributed by atoms with Gasteiger partial charge in [0.15, 0.2) is 5.72 Å². The highest BCUT2D eigenvalue weighted by atomic mass is 35.5. The molecule has 1 aromatic carbocycles. The summed E-state index contributed by atoms with van der Waals surface area (Å²) < 4.78 is 29.2. The van der Waals surface area contributed by atoms with Crippen molar-refractivity contribution in [2.24, 2.45) is 11.7 Å². The first-order chi connectivity index (χ1) is 25.0. The molecule has 4 rings (SSSR count). The molecule has 15 heteroatoms. The maximum absolute atomic E-state index is 14.1. The standard InChI is InChI=1S/C38H55ClN4O10/c1-22-13-12-14-29(50-8)38(48)21-28(51-36(47)41-38)23(2)34-37(4,53-34)30(52-35(46)24(3)42(5)31(44)15-10-9-11-16-40)20-32(45)43(6)26-18-25(17-22)19-27(49-7)33(26)39/h12-14,18-19,23-24,28-30,34,48H,9-11,15-17,20-21,40H2,1-8H3,(H,41,47)/b14-12+,22-13+/t23-,24+,28+,29-,30+,34+,37+,38+/m1/s1. The van der Waals surface area contributed by atoms with Crippen LogP contribution >= 0.6 is 11.6 Å². The number of aliphatic hydroxyl groups is 1. The molecule has 2 fully saturated rings. The molecule has 3 aliphatic rings. The van der Waals surface area contributed by atoms with Crippen LogP contribution in [0.2, 0.25) is 5.02 Å². The number of allylic oxidation sites excluding steroid dienone is 3. The number of likely N-dealkylation sites (N-methyl/N-ethyl adjacent to an activating group) is 1. The molecule has 0 saturated carbocycles. The van der Waals surface area contributed by atoms with Crippen LogP contribution in [0.5, 0.6) is 5.75 Å². The molecule has 14 nitrogen and oxygen atoms in total. The zero-order valence-corrected chi connectivity index (χ0v) is 32.7. The number of nitrogens with zero attached hydrogens (tertiary/aromatic N) is 2. The molecular weight excluding hydrogens is 708 g/mol. The molecule has 53 heavy (non-hydrogen) atoms. The highest BCUT2D eigenvalue weighted by molar-refractivity contribution is 6.35. The number of methoxy groups -OCH3 is 2. The van der Waals surface area contributed by atoms with Crippen LogP contribution in [0.1, 0.15) is 71.8 Å². The number of fused-ring (bicyclic) bond motifs is 5. The number of hydrogen-bond acceptors (Lipinski definition) is 11. The summed E-state index contributed by atoms with van der Waals surface area (Å²) in [5.74, 6) is -1.52. The van der Waals surface area contributed by atoms with Gasteiger partial charge in [-0.3, -0.25) is 14.9 Å². The first-order valence-electron chi connectivity index (χ1n) is 18.0. The van der Waals surface area contributed by atoms with E-state index in [2.05, 4.69) is 5.32 Å². The van der Waals surface area contributed by atoms with Crippen molar-refractivity contribution in [3.8, 4) is 5.75 Å². The predicted octanol–water partition coefficient (Wildman–Crippen LogP) is 4.03. The number of halogens is 1. The van der Waals surface area contributed by atoms with Gasteiger partial charge >= 0.3 is 12.1 Å². The summed E-state index contributed by atoms with van der Waals surface area (Å²) in [7, 11) is 6.04. The number of amides is 3. The molecule has 0 radical (unpaired) electrons. The van der Waals surface area contributed by atoms with Crippen molar-refractivity contribution in [3.05, 3.63) is 46.5 Å². The number of unbranched alkanes of at least 4 members (excludes halogenated alkanes) is 2. The Hall–Kier alpha value is -3.69. The van der Waals surface area contributed by atoms with Crippen LogP contribution in [0.3, 0.4) is 0 Å². The number of benzene rings is 1. The first-order valence-corrected chi connectivity index (χ1v) is 18.4. The Labute approximate surface area is 316 Å². The van der Waals surface area contributed by atoms with Crippen LogP contribution in [-0.4, -0.2) is 111 Å². The van der Waals surface area contributed by atoms with Gasteiger partial charge in [0.2, 0.25) is 11.8 Å². The third-order valence-electron chi connectivity index (χ3n) is 10.6. The molecule has 0 aromatic heterocycles. The minimum atomic E-state index is -1.82. The Morgan fingerprint density at radius 3 is 2.60 bits per heavy atom. The largest absolute Gasteiger partial charge is 0.495 e. The minimum Gasteiger partial charge on any atom is -0.495 e. The van der Waals surface area contributed by atoms with Gasteiger partial charge in [-0.05, 0) is 64.3 Å². The lowest BCUT2D eigenvalue weighted by molar-refractivity contribution is -0.162. The molecule has 294 valence electrons. The first kappa shape index (κ1) is 42.1. The molecule has 0 spiro atoms. The predicted molar refractivity (Wildman–Crippen MR) is 198 cm³/mol. The number of carbonyl (C=O) groups is 4. The summed E-state index contributed by atoms with van der Waals surface area (Å²) in [5.41, 5.74) is 4.67. The second kappa shape index (κ2) is 17.6. The lowest BCUT2D eigenvalue weighted by atomic mass is 9.83. The fraction of sp³-hybridized carbons (Fsp3) is 0.632. The van der Waals surface area contributed by atoms with Crippen molar-refractivity contribution >= 4 is 41.2 Å². The number of alkyl carbamates (subject to hydrolysis) is 1. The number of esters is 1. The molecule has 0 unspecified atom stereocenters. The van der Waals surface area contributed by atoms with Crippen molar-refractivity contribution < 1.29 is 48.0 Å². The topological polar surface area (TPSA) is 182 Å². The Morgan fingerprint density at radius 1 is 1.23 bits per heavy atom. The minimum absolute atomic E-state index is 0.0487. The average molecular weight is 763 g/mol. The summed E-state index contributed by atoms with van der Waals surface area (Å²) in [6.07, 6.45) is 3.45. The molecule has 4 N–H and O–H groups in total. The number of nitrogens with two attached hydrogens (primary N) is 1. The smallest absolute Gasteiger partial charge is 0.409 e. The van der Waals surface area contributed by atoms with E-state index in [1.165, 1.54) is 31.1 Å². The molecule has 3 heterocycles. The van der Waals surface area contributed by atoms with Crippen molar-refractivity contribution in [1.29, 1.82) is 0 Å². The van der Waals surface area contributed by atoms with Gasteiger partial charge in [-0.1, -0.05) is 48.7 Å². The van der Waals surface area contributed by atoms with Crippen molar-refractivity contribution in [3.63, 3.8) is 0 Å². The molecular formula is C38H55ClN4O10. The van der Waals surface area contributed by atoms with Gasteiger partial charge in [-0.15, -0.1) is 0 Å². The molecule has 4 bridgehead atoms. The van der Waals surface area contributed by atoms with E-state index in [1.807, 2.05) is 13.0 Å². The Balaban J connectivity index is 1.72. The summed E-state index contributed by atoms with van der Waals surface area (Å²) >= 11 is 6.76. The van der Waals surface area contributed by atoms with Crippen LogP contribution in [0.4, 0.5) is 10.5 Å². The maximum atomic E-state index is 14.1. The molecule has 8 atom stereocenters. The lowest BCUT2D eigenvalue weighted by Gasteiger charge is -2.42. The van der Waals surface area contributed by atoms with Gasteiger partial charge < -0.3 is 44.3 Å². The van der Waals surface area contributed by atoms with Crippen LogP contribution in [0.15, 0.2) is 35.9 Å². The maximum Gasteiger partial charge on any atom is 0.409 e. The van der Waals surface area contributed by atoms with Gasteiger partial charge in [-0.25, -0.2) is 9.59 Å². The Bertz CT molecular complexity index is 1590. The summed E-state index contributed by atoms with van der Waals surface area (Å²) in [5, 5.41) is 14.5. The number of anilines is 1. The second-order valence-corrected chi connectivity index (χ2v) is 14.9. The third kappa shape index (κ3) is 9.71. The fourth-order valence-electron chi connectivity index (χ4n) is 6.99. The number of epoxide rings is 1. The third-order valence-corrected chi connectivity index (χ3v) is 11.0. The van der Waals surface area contributed by atoms with Crippen LogP contribution < -0.4 is 20.7 Å². The molecule has 3 aliphatic heterocycles. The number of ether oxygens (including phenoxy) is 5. The zero-order chi connectivity index (χ0) is 39.2. The fourth-order valence-corrected chi connectivity index (χ4v) is 7.30. The monoisotopic (exact) mass is 762 g/mol. The van der Waals surface area contributed by atoms with E-state index in [0.29, 0.717) is 30.8 Å². The lowest BCUT2D eigenvalue weighted by Crippen LogP contribution is -2.63. The number of rotatable bonds is 10. The molecule has 2 saturated heterocycles. The Morgan fingerprint density at radius 2 is 1.94 bits per heavy atom. The van der Waals surface area contributed by atoms with E-state index < -0.39 is 65.7 Å². The zero-order valence-electron chi connectivity index (χ0n) is 32.0. The van der Waals surface area contributed by atoms with E-state index in [9.17, 15) is 24.3 Å².